The summed E-state index contributed by atoms with van der Waals surface area (Å²) in [5.41, 5.74) is 1.59. The number of amides is 1. The third-order valence-corrected chi connectivity index (χ3v) is 6.77. The molecular formula is C18H17Cl2N5OS2. The van der Waals surface area contributed by atoms with Gasteiger partial charge in [0.15, 0.2) is 10.3 Å². The molecule has 1 aliphatic carbocycles. The summed E-state index contributed by atoms with van der Waals surface area (Å²) in [6.45, 7) is 2.88. The molecule has 2 heterocycles. The molecule has 0 aliphatic heterocycles. The van der Waals surface area contributed by atoms with E-state index < -0.39 is 0 Å². The van der Waals surface area contributed by atoms with Crippen LogP contribution in [0.25, 0.3) is 11.3 Å². The summed E-state index contributed by atoms with van der Waals surface area (Å²) < 4.78 is 2.10. The van der Waals surface area contributed by atoms with E-state index in [1.54, 1.807) is 12.1 Å². The van der Waals surface area contributed by atoms with Gasteiger partial charge in [-0.25, -0.2) is 4.98 Å². The molecule has 4 rings (SSSR count). The van der Waals surface area contributed by atoms with Gasteiger partial charge < -0.3 is 9.88 Å². The molecule has 1 fully saturated rings. The molecule has 0 atom stereocenters. The lowest BCUT2D eigenvalue weighted by molar-refractivity contribution is -0.113. The molecule has 2 aromatic heterocycles. The van der Waals surface area contributed by atoms with Crippen molar-refractivity contribution in [3.05, 3.63) is 39.4 Å². The van der Waals surface area contributed by atoms with E-state index in [9.17, 15) is 4.79 Å². The molecule has 0 spiro atoms. The molecule has 28 heavy (non-hydrogen) atoms. The van der Waals surface area contributed by atoms with Crippen LogP contribution in [-0.2, 0) is 11.3 Å². The zero-order chi connectivity index (χ0) is 19.7. The smallest absolute Gasteiger partial charge is 0.236 e. The van der Waals surface area contributed by atoms with Crippen molar-refractivity contribution in [2.75, 3.05) is 11.1 Å². The average Bonchev–Trinajstić information content (AvgIpc) is 3.28. The number of thiazole rings is 1. The van der Waals surface area contributed by atoms with Gasteiger partial charge in [-0.15, -0.1) is 21.5 Å². The number of nitrogens with zero attached hydrogens (tertiary/aromatic N) is 4. The summed E-state index contributed by atoms with van der Waals surface area (Å²) in [4.78, 5) is 16.8. The van der Waals surface area contributed by atoms with Crippen molar-refractivity contribution in [1.82, 2.24) is 19.7 Å². The van der Waals surface area contributed by atoms with E-state index in [-0.39, 0.29) is 11.7 Å². The van der Waals surface area contributed by atoms with Crippen molar-refractivity contribution < 1.29 is 4.79 Å². The zero-order valence-corrected chi connectivity index (χ0v) is 18.1. The highest BCUT2D eigenvalue weighted by atomic mass is 35.5. The van der Waals surface area contributed by atoms with Crippen molar-refractivity contribution >= 4 is 57.3 Å². The SMILES string of the molecule is CCn1c(SCC(=O)Nc2nc(-c3ccc(Cl)c(Cl)c3)cs2)nnc1C1CC1. The van der Waals surface area contributed by atoms with Crippen molar-refractivity contribution in [3.8, 4) is 11.3 Å². The van der Waals surface area contributed by atoms with Crippen LogP contribution in [0.3, 0.4) is 0 Å². The first-order valence-electron chi connectivity index (χ1n) is 8.82. The van der Waals surface area contributed by atoms with Crippen LogP contribution in [0.15, 0.2) is 28.7 Å². The molecule has 0 saturated heterocycles. The Morgan fingerprint density at radius 3 is 2.86 bits per heavy atom. The van der Waals surface area contributed by atoms with Crippen LogP contribution in [0.5, 0.6) is 0 Å². The monoisotopic (exact) mass is 453 g/mol. The standard InChI is InChI=1S/C18H17Cl2N5OS2/c1-2-25-16(10-3-4-10)23-24-18(25)28-9-15(26)22-17-21-14(8-27-17)11-5-6-12(19)13(20)7-11/h5-8,10H,2-4,9H2,1H3,(H,21,22,26). The number of carbonyl (C=O) groups is 1. The van der Waals surface area contributed by atoms with Gasteiger partial charge >= 0.3 is 0 Å². The van der Waals surface area contributed by atoms with Gasteiger partial charge in [0.1, 0.15) is 5.82 Å². The predicted molar refractivity (Wildman–Crippen MR) is 115 cm³/mol. The van der Waals surface area contributed by atoms with Gasteiger partial charge in [0.05, 0.1) is 21.5 Å². The number of thioether (sulfide) groups is 1. The maximum absolute atomic E-state index is 12.3. The van der Waals surface area contributed by atoms with Crippen molar-refractivity contribution in [2.24, 2.45) is 0 Å². The molecule has 0 unspecified atom stereocenters. The Hall–Kier alpha value is -1.61. The Morgan fingerprint density at radius 2 is 2.14 bits per heavy atom. The van der Waals surface area contributed by atoms with Gasteiger partial charge in [0.2, 0.25) is 5.91 Å². The van der Waals surface area contributed by atoms with E-state index in [1.807, 2.05) is 11.4 Å². The van der Waals surface area contributed by atoms with Crippen molar-refractivity contribution in [2.45, 2.75) is 37.4 Å². The van der Waals surface area contributed by atoms with E-state index in [4.69, 9.17) is 23.2 Å². The fourth-order valence-corrected chi connectivity index (χ4v) is 4.60. The number of hydrogen-bond acceptors (Lipinski definition) is 6. The Labute approximate surface area is 180 Å². The second-order valence-corrected chi connectivity index (χ2v) is 8.98. The van der Waals surface area contributed by atoms with Gasteiger partial charge in [-0.2, -0.15) is 0 Å². The number of benzene rings is 1. The minimum Gasteiger partial charge on any atom is -0.306 e. The van der Waals surface area contributed by atoms with E-state index in [1.165, 1.54) is 35.9 Å². The normalized spacial score (nSPS) is 13.7. The summed E-state index contributed by atoms with van der Waals surface area (Å²) in [5, 5.41) is 15.5. The van der Waals surface area contributed by atoms with Crippen LogP contribution in [-0.4, -0.2) is 31.4 Å². The molecular weight excluding hydrogens is 437 g/mol. The second-order valence-electron chi connectivity index (χ2n) is 6.36. The second kappa shape index (κ2) is 8.41. The summed E-state index contributed by atoms with van der Waals surface area (Å²) in [6, 6.07) is 5.34. The van der Waals surface area contributed by atoms with E-state index in [2.05, 4.69) is 32.0 Å². The molecule has 0 radical (unpaired) electrons. The fraction of sp³-hybridized carbons (Fsp3) is 0.333. The minimum absolute atomic E-state index is 0.126. The molecule has 3 aromatic rings. The number of hydrogen-bond donors (Lipinski definition) is 1. The number of nitrogens with one attached hydrogen (secondary N) is 1. The lowest BCUT2D eigenvalue weighted by Crippen LogP contribution is -2.14. The number of anilines is 1. The van der Waals surface area contributed by atoms with Crippen molar-refractivity contribution in [1.29, 1.82) is 0 Å². The van der Waals surface area contributed by atoms with Crippen LogP contribution in [0.1, 0.15) is 31.5 Å². The summed E-state index contributed by atoms with van der Waals surface area (Å²) in [5.74, 6) is 1.70. The largest absolute Gasteiger partial charge is 0.306 e. The highest BCUT2D eigenvalue weighted by Gasteiger charge is 2.30. The molecule has 1 aliphatic rings. The third-order valence-electron chi connectivity index (χ3n) is 4.30. The van der Waals surface area contributed by atoms with Gasteiger partial charge in [-0.3, -0.25) is 4.79 Å². The molecule has 1 saturated carbocycles. The Balaban J connectivity index is 1.37. The summed E-state index contributed by atoms with van der Waals surface area (Å²) >= 11 is 14.8. The molecule has 1 N–H and O–H groups in total. The average molecular weight is 454 g/mol. The van der Waals surface area contributed by atoms with E-state index >= 15 is 0 Å². The first-order valence-corrected chi connectivity index (χ1v) is 11.4. The number of halogens is 2. The fourth-order valence-electron chi connectivity index (χ4n) is 2.75. The molecule has 6 nitrogen and oxygen atoms in total. The minimum atomic E-state index is -0.126. The van der Waals surface area contributed by atoms with Crippen LogP contribution >= 0.6 is 46.3 Å². The zero-order valence-electron chi connectivity index (χ0n) is 15.0. The summed E-state index contributed by atoms with van der Waals surface area (Å²) in [6.07, 6.45) is 2.35. The van der Waals surface area contributed by atoms with Crippen molar-refractivity contribution in [3.63, 3.8) is 0 Å². The van der Waals surface area contributed by atoms with Crippen LogP contribution in [0.4, 0.5) is 5.13 Å². The first kappa shape index (κ1) is 19.7. The maximum Gasteiger partial charge on any atom is 0.236 e. The molecule has 0 bridgehead atoms. The van der Waals surface area contributed by atoms with E-state index in [0.717, 1.165) is 28.8 Å². The Morgan fingerprint density at radius 1 is 1.32 bits per heavy atom. The molecule has 146 valence electrons. The lowest BCUT2D eigenvalue weighted by atomic mass is 10.2. The van der Waals surface area contributed by atoms with Gasteiger partial charge in [-0.1, -0.05) is 41.0 Å². The highest BCUT2D eigenvalue weighted by Crippen LogP contribution is 2.40. The van der Waals surface area contributed by atoms with Gasteiger partial charge in [0.25, 0.3) is 0 Å². The summed E-state index contributed by atoms with van der Waals surface area (Å²) in [7, 11) is 0. The molecule has 1 aromatic carbocycles. The first-order chi connectivity index (χ1) is 13.5. The molecule has 1 amide bonds. The lowest BCUT2D eigenvalue weighted by Gasteiger charge is -2.06. The number of carbonyl (C=O) groups excluding carboxylic acids is 1. The van der Waals surface area contributed by atoms with Crippen LogP contribution < -0.4 is 5.32 Å². The molecule has 10 heteroatoms. The van der Waals surface area contributed by atoms with Gasteiger partial charge in [-0.05, 0) is 31.9 Å². The van der Waals surface area contributed by atoms with E-state index in [0.29, 0.717) is 21.1 Å². The number of aromatic nitrogens is 4. The third kappa shape index (κ3) is 4.35. The van der Waals surface area contributed by atoms with Crippen LogP contribution in [0.2, 0.25) is 10.0 Å². The van der Waals surface area contributed by atoms with Gasteiger partial charge in [0, 0.05) is 23.4 Å². The maximum atomic E-state index is 12.3. The topological polar surface area (TPSA) is 72.7 Å². The Kier molecular flexibility index (Phi) is 5.91. The number of rotatable bonds is 7. The highest BCUT2D eigenvalue weighted by molar-refractivity contribution is 7.99. The quantitative estimate of drug-likeness (QED) is 0.488. The Bertz CT molecular complexity index is 1020. The van der Waals surface area contributed by atoms with Crippen LogP contribution in [0, 0.1) is 0 Å². The predicted octanol–water partition coefficient (Wildman–Crippen LogP) is 5.34.